The van der Waals surface area contributed by atoms with Gasteiger partial charge in [-0.2, -0.15) is 0 Å². The first-order chi connectivity index (χ1) is 9.02. The van der Waals surface area contributed by atoms with Gasteiger partial charge in [0, 0.05) is 13.1 Å². The molecule has 0 unspecified atom stereocenters. The molecule has 106 valence electrons. The first-order valence-electron chi connectivity index (χ1n) is 6.49. The summed E-state index contributed by atoms with van der Waals surface area (Å²) in [6.07, 6.45) is 0.807. The van der Waals surface area contributed by atoms with Gasteiger partial charge in [-0.25, -0.2) is 9.18 Å². The van der Waals surface area contributed by atoms with Crippen LogP contribution >= 0.6 is 0 Å². The Hall–Kier alpha value is -1.78. The highest BCUT2D eigenvalue weighted by molar-refractivity contribution is 5.73. The van der Waals surface area contributed by atoms with Crippen LogP contribution in [0.25, 0.3) is 0 Å². The van der Waals surface area contributed by atoms with Gasteiger partial charge in [0.1, 0.15) is 0 Å². The van der Waals surface area contributed by atoms with Crippen LogP contribution in [-0.4, -0.2) is 18.7 Å². The number of ether oxygens (including phenoxy) is 1. The molecule has 1 rings (SSSR count). The predicted octanol–water partition coefficient (Wildman–Crippen LogP) is 2.82. The lowest BCUT2D eigenvalue weighted by Gasteiger charge is -2.12. The van der Waals surface area contributed by atoms with E-state index in [0.29, 0.717) is 12.1 Å². The molecule has 0 aliphatic heterocycles. The maximum Gasteiger partial charge on any atom is 0.315 e. The van der Waals surface area contributed by atoms with Gasteiger partial charge in [0.2, 0.25) is 0 Å². The molecule has 19 heavy (non-hydrogen) atoms. The zero-order valence-corrected chi connectivity index (χ0v) is 11.6. The largest absolute Gasteiger partial charge is 0.488 e. The Balaban J connectivity index is 2.51. The number of nitrogens with one attached hydrogen (secondary N) is 2. The van der Waals surface area contributed by atoms with E-state index in [1.54, 1.807) is 12.1 Å². The number of carbonyl (C=O) groups is 1. The third-order valence-corrected chi connectivity index (χ3v) is 2.35. The minimum Gasteiger partial charge on any atom is -0.488 e. The smallest absolute Gasteiger partial charge is 0.315 e. The molecule has 0 aromatic heterocycles. The summed E-state index contributed by atoms with van der Waals surface area (Å²) < 4.78 is 19.0. The van der Waals surface area contributed by atoms with Crippen LogP contribution in [0, 0.1) is 5.82 Å². The van der Waals surface area contributed by atoms with Gasteiger partial charge in [0.15, 0.2) is 11.6 Å². The van der Waals surface area contributed by atoms with E-state index in [1.807, 2.05) is 20.8 Å². The van der Waals surface area contributed by atoms with Gasteiger partial charge >= 0.3 is 6.03 Å². The Morgan fingerprint density at radius 2 is 2.11 bits per heavy atom. The maximum absolute atomic E-state index is 13.7. The highest BCUT2D eigenvalue weighted by Gasteiger charge is 2.07. The summed E-state index contributed by atoms with van der Waals surface area (Å²) >= 11 is 0. The molecule has 2 amide bonds. The first kappa shape index (κ1) is 15.3. The lowest BCUT2D eigenvalue weighted by atomic mass is 10.2. The van der Waals surface area contributed by atoms with Crippen molar-refractivity contribution in [3.05, 3.63) is 29.6 Å². The number of hydrogen-bond donors (Lipinski definition) is 2. The molecule has 2 N–H and O–H groups in total. The topological polar surface area (TPSA) is 50.4 Å². The van der Waals surface area contributed by atoms with Crippen LogP contribution in [0.1, 0.15) is 32.8 Å². The third-order valence-electron chi connectivity index (χ3n) is 2.35. The van der Waals surface area contributed by atoms with E-state index in [-0.39, 0.29) is 24.4 Å². The number of carbonyl (C=O) groups excluding carboxylic acids is 1. The Morgan fingerprint density at radius 1 is 1.37 bits per heavy atom. The normalized spacial score (nSPS) is 10.4. The van der Waals surface area contributed by atoms with E-state index in [9.17, 15) is 9.18 Å². The van der Waals surface area contributed by atoms with Crippen molar-refractivity contribution >= 4 is 6.03 Å². The highest BCUT2D eigenvalue weighted by Crippen LogP contribution is 2.19. The zero-order chi connectivity index (χ0) is 14.3. The molecule has 4 nitrogen and oxygen atoms in total. The number of benzene rings is 1. The van der Waals surface area contributed by atoms with Crippen LogP contribution in [0.2, 0.25) is 0 Å². The van der Waals surface area contributed by atoms with Gasteiger partial charge in [-0.05, 0) is 38.0 Å². The molecular formula is C14H21FN2O2. The van der Waals surface area contributed by atoms with Gasteiger partial charge in [-0.3, -0.25) is 0 Å². The van der Waals surface area contributed by atoms with Crippen LogP contribution in [0.15, 0.2) is 18.2 Å². The number of hydrogen-bond acceptors (Lipinski definition) is 2. The van der Waals surface area contributed by atoms with Crippen molar-refractivity contribution in [2.45, 2.75) is 39.8 Å². The Morgan fingerprint density at radius 3 is 2.68 bits per heavy atom. The average Bonchev–Trinajstić information content (AvgIpc) is 2.36. The lowest BCUT2D eigenvalue weighted by Crippen LogP contribution is -2.35. The zero-order valence-electron chi connectivity index (χ0n) is 11.6. The van der Waals surface area contributed by atoms with Crippen LogP contribution in [0.3, 0.4) is 0 Å². The molecule has 0 bridgehead atoms. The lowest BCUT2D eigenvalue weighted by molar-refractivity contribution is 0.231. The molecule has 0 atom stereocenters. The van der Waals surface area contributed by atoms with Crippen LogP contribution in [0.4, 0.5) is 9.18 Å². The molecule has 0 saturated carbocycles. The van der Waals surface area contributed by atoms with Gasteiger partial charge < -0.3 is 15.4 Å². The van der Waals surface area contributed by atoms with E-state index < -0.39 is 5.82 Å². The van der Waals surface area contributed by atoms with Crippen molar-refractivity contribution < 1.29 is 13.9 Å². The fraction of sp³-hybridized carbons (Fsp3) is 0.500. The number of halogens is 1. The average molecular weight is 268 g/mol. The molecule has 0 spiro atoms. The molecule has 1 aromatic carbocycles. The number of rotatable bonds is 6. The summed E-state index contributed by atoms with van der Waals surface area (Å²) in [5.74, 6) is -0.184. The van der Waals surface area contributed by atoms with Crippen LogP contribution < -0.4 is 15.4 Å². The molecule has 1 aromatic rings. The second-order valence-corrected chi connectivity index (χ2v) is 4.54. The maximum atomic E-state index is 13.7. The van der Waals surface area contributed by atoms with Crippen molar-refractivity contribution in [1.29, 1.82) is 0 Å². The summed E-state index contributed by atoms with van der Waals surface area (Å²) in [6.45, 7) is 6.57. The summed E-state index contributed by atoms with van der Waals surface area (Å²) in [5.41, 5.74) is 0.695. The van der Waals surface area contributed by atoms with Crippen molar-refractivity contribution in [3.63, 3.8) is 0 Å². The monoisotopic (exact) mass is 268 g/mol. The molecule has 5 heteroatoms. The summed E-state index contributed by atoms with van der Waals surface area (Å²) in [7, 11) is 0. The minimum absolute atomic E-state index is 0.0710. The van der Waals surface area contributed by atoms with Gasteiger partial charge in [-0.1, -0.05) is 13.0 Å². The second-order valence-electron chi connectivity index (χ2n) is 4.54. The van der Waals surface area contributed by atoms with Gasteiger partial charge in [0.05, 0.1) is 6.10 Å². The van der Waals surface area contributed by atoms with E-state index in [4.69, 9.17) is 4.74 Å². The molecule has 0 aliphatic rings. The molecule has 0 heterocycles. The summed E-state index contributed by atoms with van der Waals surface area (Å²) in [6, 6.07) is 4.44. The molecule has 0 radical (unpaired) electrons. The molecular weight excluding hydrogens is 247 g/mol. The fourth-order valence-electron chi connectivity index (χ4n) is 1.49. The van der Waals surface area contributed by atoms with Gasteiger partial charge in [-0.15, -0.1) is 0 Å². The third kappa shape index (κ3) is 5.59. The van der Waals surface area contributed by atoms with Crippen molar-refractivity contribution in [1.82, 2.24) is 10.6 Å². The quantitative estimate of drug-likeness (QED) is 0.833. The van der Waals surface area contributed by atoms with Crippen molar-refractivity contribution in [2.75, 3.05) is 6.54 Å². The molecule has 0 aliphatic carbocycles. The van der Waals surface area contributed by atoms with Crippen molar-refractivity contribution in [2.24, 2.45) is 0 Å². The van der Waals surface area contributed by atoms with Gasteiger partial charge in [0.25, 0.3) is 0 Å². The van der Waals surface area contributed by atoms with Crippen molar-refractivity contribution in [3.8, 4) is 5.75 Å². The molecule has 0 saturated heterocycles. The minimum atomic E-state index is -0.415. The number of amides is 2. The van der Waals surface area contributed by atoms with Crippen LogP contribution in [-0.2, 0) is 6.54 Å². The van der Waals surface area contributed by atoms with E-state index in [1.165, 1.54) is 6.07 Å². The predicted molar refractivity (Wildman–Crippen MR) is 72.7 cm³/mol. The second kappa shape index (κ2) is 7.61. The summed E-state index contributed by atoms with van der Waals surface area (Å²) in [5, 5.41) is 5.35. The van der Waals surface area contributed by atoms with E-state index in [2.05, 4.69) is 10.6 Å². The van der Waals surface area contributed by atoms with E-state index >= 15 is 0 Å². The summed E-state index contributed by atoms with van der Waals surface area (Å²) in [4.78, 5) is 11.3. The standard InChI is InChI=1S/C14H21FN2O2/c1-4-7-16-14(18)17-9-11-5-6-13(12(15)8-11)19-10(2)3/h5-6,8,10H,4,7,9H2,1-3H3,(H2,16,17,18). The number of urea groups is 1. The van der Waals surface area contributed by atoms with E-state index in [0.717, 1.165) is 6.42 Å². The highest BCUT2D eigenvalue weighted by atomic mass is 19.1. The Labute approximate surface area is 113 Å². The molecule has 0 fully saturated rings. The fourth-order valence-corrected chi connectivity index (χ4v) is 1.49. The van der Waals surface area contributed by atoms with Crippen LogP contribution in [0.5, 0.6) is 5.75 Å². The Bertz CT molecular complexity index is 422. The SMILES string of the molecule is CCCNC(=O)NCc1ccc(OC(C)C)c(F)c1. The Kier molecular flexibility index (Phi) is 6.12. The first-order valence-corrected chi connectivity index (χ1v) is 6.49.